The van der Waals surface area contributed by atoms with Gasteiger partial charge in [-0.2, -0.15) is 0 Å². The standard InChI is InChI=1S/C18H26O5/c19-17(20)9-7-5-3-1-2-4-6-8-14-23-16-12-10-15(11-13-16)18(21)22/h10-13H,1-9,14H2,(H,19,20)(H,21,22). The fourth-order valence-electron chi connectivity index (χ4n) is 2.32. The first kappa shape index (κ1) is 19.0. The highest BCUT2D eigenvalue weighted by atomic mass is 16.5. The molecule has 5 nitrogen and oxygen atoms in total. The Bertz CT molecular complexity index is 467. The smallest absolute Gasteiger partial charge is 0.335 e. The van der Waals surface area contributed by atoms with Crippen LogP contribution in [0.5, 0.6) is 5.75 Å². The van der Waals surface area contributed by atoms with E-state index in [9.17, 15) is 9.59 Å². The van der Waals surface area contributed by atoms with Gasteiger partial charge in [0.25, 0.3) is 0 Å². The molecule has 0 amide bonds. The highest BCUT2D eigenvalue weighted by Gasteiger charge is 2.02. The van der Waals surface area contributed by atoms with Crippen LogP contribution in [-0.4, -0.2) is 28.8 Å². The Balaban J connectivity index is 1.93. The summed E-state index contributed by atoms with van der Waals surface area (Å²) < 4.78 is 5.57. The molecule has 0 saturated heterocycles. The van der Waals surface area contributed by atoms with E-state index in [2.05, 4.69) is 0 Å². The molecule has 0 heterocycles. The van der Waals surface area contributed by atoms with Gasteiger partial charge in [-0.15, -0.1) is 0 Å². The molecule has 0 spiro atoms. The van der Waals surface area contributed by atoms with Gasteiger partial charge in [0.15, 0.2) is 0 Å². The average Bonchev–Trinajstić information content (AvgIpc) is 2.52. The van der Waals surface area contributed by atoms with Crippen molar-refractivity contribution < 1.29 is 24.5 Å². The van der Waals surface area contributed by atoms with Gasteiger partial charge in [-0.1, -0.05) is 38.5 Å². The van der Waals surface area contributed by atoms with Crippen molar-refractivity contribution >= 4 is 11.9 Å². The van der Waals surface area contributed by atoms with Crippen molar-refractivity contribution in [3.05, 3.63) is 29.8 Å². The van der Waals surface area contributed by atoms with Gasteiger partial charge in [0.2, 0.25) is 0 Å². The number of aliphatic carboxylic acids is 1. The van der Waals surface area contributed by atoms with Crippen LogP contribution < -0.4 is 4.74 Å². The van der Waals surface area contributed by atoms with Crippen molar-refractivity contribution in [1.82, 2.24) is 0 Å². The van der Waals surface area contributed by atoms with Crippen LogP contribution >= 0.6 is 0 Å². The number of ether oxygens (including phenoxy) is 1. The molecule has 0 unspecified atom stereocenters. The van der Waals surface area contributed by atoms with Crippen LogP contribution in [0.15, 0.2) is 24.3 Å². The summed E-state index contributed by atoms with van der Waals surface area (Å²) in [6, 6.07) is 6.45. The van der Waals surface area contributed by atoms with Crippen LogP contribution in [0.2, 0.25) is 0 Å². The minimum Gasteiger partial charge on any atom is -0.494 e. The van der Waals surface area contributed by atoms with Crippen LogP contribution in [0.1, 0.15) is 68.1 Å². The molecule has 0 saturated carbocycles. The van der Waals surface area contributed by atoms with Crippen LogP contribution in [-0.2, 0) is 4.79 Å². The predicted octanol–water partition coefficient (Wildman–Crippen LogP) is 4.36. The Hall–Kier alpha value is -2.04. The topological polar surface area (TPSA) is 83.8 Å². The Morgan fingerprint density at radius 2 is 1.30 bits per heavy atom. The van der Waals surface area contributed by atoms with Crippen LogP contribution in [0.25, 0.3) is 0 Å². The van der Waals surface area contributed by atoms with Gasteiger partial charge < -0.3 is 14.9 Å². The van der Waals surface area contributed by atoms with Crippen molar-refractivity contribution in [2.75, 3.05) is 6.61 Å². The second-order valence-electron chi connectivity index (χ2n) is 5.65. The quantitative estimate of drug-likeness (QED) is 0.527. The second kappa shape index (κ2) is 11.5. The number of rotatable bonds is 13. The Kier molecular flexibility index (Phi) is 9.52. The Morgan fingerprint density at radius 1 is 0.783 bits per heavy atom. The van der Waals surface area contributed by atoms with Crippen LogP contribution in [0.3, 0.4) is 0 Å². The number of unbranched alkanes of at least 4 members (excludes halogenated alkanes) is 7. The van der Waals surface area contributed by atoms with E-state index in [4.69, 9.17) is 14.9 Å². The van der Waals surface area contributed by atoms with E-state index < -0.39 is 11.9 Å². The van der Waals surface area contributed by atoms with Crippen molar-refractivity contribution in [1.29, 1.82) is 0 Å². The summed E-state index contributed by atoms with van der Waals surface area (Å²) >= 11 is 0. The summed E-state index contributed by atoms with van der Waals surface area (Å²) in [5, 5.41) is 17.3. The lowest BCUT2D eigenvalue weighted by Crippen LogP contribution is -1.99. The summed E-state index contributed by atoms with van der Waals surface area (Å²) in [6.45, 7) is 0.644. The molecule has 23 heavy (non-hydrogen) atoms. The molecule has 5 heteroatoms. The zero-order valence-electron chi connectivity index (χ0n) is 13.5. The third kappa shape index (κ3) is 9.55. The maximum Gasteiger partial charge on any atom is 0.335 e. The molecule has 2 N–H and O–H groups in total. The molecule has 0 fully saturated rings. The lowest BCUT2D eigenvalue weighted by atomic mass is 10.1. The zero-order chi connectivity index (χ0) is 16.9. The fraction of sp³-hybridized carbons (Fsp3) is 0.556. The highest BCUT2D eigenvalue weighted by Crippen LogP contribution is 2.14. The number of hydrogen-bond donors (Lipinski definition) is 2. The first-order valence-corrected chi connectivity index (χ1v) is 8.27. The monoisotopic (exact) mass is 322 g/mol. The van der Waals surface area contributed by atoms with E-state index in [0.717, 1.165) is 38.5 Å². The van der Waals surface area contributed by atoms with Crippen LogP contribution in [0.4, 0.5) is 0 Å². The zero-order valence-corrected chi connectivity index (χ0v) is 13.5. The fourth-order valence-corrected chi connectivity index (χ4v) is 2.32. The van der Waals surface area contributed by atoms with E-state index >= 15 is 0 Å². The molecule has 0 aliphatic rings. The number of carboxylic acid groups (broad SMARTS) is 2. The molecule has 0 atom stereocenters. The van der Waals surface area contributed by atoms with E-state index in [1.54, 1.807) is 24.3 Å². The molecule has 0 aliphatic carbocycles. The van der Waals surface area contributed by atoms with Gasteiger partial charge in [0.1, 0.15) is 5.75 Å². The SMILES string of the molecule is O=C(O)CCCCCCCCCCOc1ccc(C(=O)O)cc1. The maximum atomic E-state index is 10.7. The van der Waals surface area contributed by atoms with E-state index in [1.165, 1.54) is 12.8 Å². The minimum absolute atomic E-state index is 0.265. The molecule has 0 bridgehead atoms. The number of aromatic carboxylic acids is 1. The molecule has 1 aromatic carbocycles. The Morgan fingerprint density at radius 3 is 1.83 bits per heavy atom. The Labute approximate surface area is 137 Å². The van der Waals surface area contributed by atoms with E-state index in [-0.39, 0.29) is 12.0 Å². The minimum atomic E-state index is -0.931. The molecule has 0 aromatic heterocycles. The van der Waals surface area contributed by atoms with E-state index in [1.807, 2.05) is 0 Å². The van der Waals surface area contributed by atoms with E-state index in [0.29, 0.717) is 12.4 Å². The molecule has 0 radical (unpaired) electrons. The summed E-state index contributed by atoms with van der Waals surface area (Å²) in [4.78, 5) is 21.1. The van der Waals surface area contributed by atoms with Gasteiger partial charge in [0, 0.05) is 6.42 Å². The first-order valence-electron chi connectivity index (χ1n) is 8.27. The van der Waals surface area contributed by atoms with Crippen molar-refractivity contribution in [2.45, 2.75) is 57.8 Å². The van der Waals surface area contributed by atoms with Gasteiger partial charge >= 0.3 is 11.9 Å². The number of carbonyl (C=O) groups is 2. The third-order valence-corrected chi connectivity index (χ3v) is 3.65. The van der Waals surface area contributed by atoms with Crippen molar-refractivity contribution in [3.8, 4) is 5.75 Å². The summed E-state index contributed by atoms with van der Waals surface area (Å²) in [5.74, 6) is -0.935. The highest BCUT2D eigenvalue weighted by molar-refractivity contribution is 5.87. The first-order chi connectivity index (χ1) is 11.1. The third-order valence-electron chi connectivity index (χ3n) is 3.65. The molecule has 1 aromatic rings. The normalized spacial score (nSPS) is 10.4. The maximum absolute atomic E-state index is 10.7. The van der Waals surface area contributed by atoms with Gasteiger partial charge in [-0.25, -0.2) is 4.79 Å². The average molecular weight is 322 g/mol. The molecular formula is C18H26O5. The second-order valence-corrected chi connectivity index (χ2v) is 5.65. The number of benzene rings is 1. The molecule has 1 rings (SSSR count). The molecular weight excluding hydrogens is 296 g/mol. The summed E-state index contributed by atoms with van der Waals surface area (Å²) in [7, 11) is 0. The lowest BCUT2D eigenvalue weighted by Gasteiger charge is -2.06. The summed E-state index contributed by atoms with van der Waals surface area (Å²) in [5.41, 5.74) is 0.265. The van der Waals surface area contributed by atoms with Crippen molar-refractivity contribution in [3.63, 3.8) is 0 Å². The van der Waals surface area contributed by atoms with Gasteiger partial charge in [0.05, 0.1) is 12.2 Å². The summed E-state index contributed by atoms with van der Waals surface area (Å²) in [6.07, 6.45) is 8.79. The lowest BCUT2D eigenvalue weighted by molar-refractivity contribution is -0.137. The number of carboxylic acids is 2. The largest absolute Gasteiger partial charge is 0.494 e. The molecule has 128 valence electrons. The number of hydrogen-bond acceptors (Lipinski definition) is 3. The van der Waals surface area contributed by atoms with Gasteiger partial charge in [-0.05, 0) is 37.1 Å². The molecule has 0 aliphatic heterocycles. The van der Waals surface area contributed by atoms with Crippen LogP contribution in [0, 0.1) is 0 Å². The van der Waals surface area contributed by atoms with Crippen molar-refractivity contribution in [2.24, 2.45) is 0 Å². The predicted molar refractivity (Wildman–Crippen MR) is 88.1 cm³/mol. The van der Waals surface area contributed by atoms with Gasteiger partial charge in [-0.3, -0.25) is 4.79 Å².